The molecule has 0 aliphatic carbocycles. The van der Waals surface area contributed by atoms with Crippen LogP contribution in [0.15, 0.2) is 47.8 Å². The van der Waals surface area contributed by atoms with Crippen LogP contribution in [0.2, 0.25) is 0 Å². The van der Waals surface area contributed by atoms with Gasteiger partial charge in [-0.15, -0.1) is 16.4 Å². The van der Waals surface area contributed by atoms with E-state index in [4.69, 9.17) is 0 Å². The van der Waals surface area contributed by atoms with E-state index < -0.39 is 0 Å². The molecule has 140 valence electrons. The normalized spacial score (nSPS) is 15.2. The van der Waals surface area contributed by atoms with Gasteiger partial charge < -0.3 is 10.2 Å². The highest BCUT2D eigenvalue weighted by molar-refractivity contribution is 7.13. The molecule has 27 heavy (non-hydrogen) atoms. The van der Waals surface area contributed by atoms with Crippen molar-refractivity contribution in [2.45, 2.75) is 12.8 Å². The minimum atomic E-state index is -0.0783. The molecule has 1 aliphatic heterocycles. The molecule has 6 nitrogen and oxygen atoms in total. The van der Waals surface area contributed by atoms with Crippen LogP contribution in [0.4, 0.5) is 0 Å². The number of aromatic nitrogens is 3. The summed E-state index contributed by atoms with van der Waals surface area (Å²) in [7, 11) is 1.98. The molecule has 3 aromatic rings. The van der Waals surface area contributed by atoms with E-state index in [-0.39, 0.29) is 11.7 Å². The van der Waals surface area contributed by atoms with Gasteiger partial charge in [-0.05, 0) is 55.9 Å². The van der Waals surface area contributed by atoms with Crippen LogP contribution in [0, 0.1) is 5.92 Å². The van der Waals surface area contributed by atoms with Crippen LogP contribution >= 0.6 is 11.3 Å². The monoisotopic (exact) mass is 381 g/mol. The maximum atomic E-state index is 13.0. The Balaban J connectivity index is 1.61. The number of piperidine rings is 1. The van der Waals surface area contributed by atoms with E-state index in [9.17, 15) is 4.79 Å². The summed E-state index contributed by atoms with van der Waals surface area (Å²) in [6.07, 6.45) is 2.04. The second-order valence-electron chi connectivity index (χ2n) is 6.78. The zero-order valence-electron chi connectivity index (χ0n) is 15.3. The largest absolute Gasteiger partial charge is 0.336 e. The number of amides is 1. The third-order valence-corrected chi connectivity index (χ3v) is 5.80. The number of thiophene rings is 1. The van der Waals surface area contributed by atoms with Crippen molar-refractivity contribution in [2.24, 2.45) is 5.92 Å². The lowest BCUT2D eigenvalue weighted by atomic mass is 9.97. The molecule has 0 bridgehead atoms. The Hall–Kier alpha value is -2.51. The van der Waals surface area contributed by atoms with Crippen molar-refractivity contribution < 1.29 is 4.79 Å². The van der Waals surface area contributed by atoms with E-state index in [0.717, 1.165) is 43.0 Å². The maximum Gasteiger partial charge on any atom is 0.293 e. The fraction of sp³-hybridized carbons (Fsp3) is 0.350. The van der Waals surface area contributed by atoms with Gasteiger partial charge >= 0.3 is 0 Å². The van der Waals surface area contributed by atoms with Gasteiger partial charge in [-0.2, -0.15) is 0 Å². The van der Waals surface area contributed by atoms with E-state index in [0.29, 0.717) is 11.7 Å². The molecule has 1 amide bonds. The van der Waals surface area contributed by atoms with Gasteiger partial charge in [-0.25, -0.2) is 9.67 Å². The van der Waals surface area contributed by atoms with E-state index in [1.165, 1.54) is 0 Å². The van der Waals surface area contributed by atoms with Crippen LogP contribution in [0.1, 0.15) is 23.5 Å². The summed E-state index contributed by atoms with van der Waals surface area (Å²) in [6, 6.07) is 13.8. The Kier molecular flexibility index (Phi) is 5.31. The quantitative estimate of drug-likeness (QED) is 0.738. The maximum absolute atomic E-state index is 13.0. The molecular formula is C20H23N5OS. The molecule has 1 aromatic carbocycles. The smallest absolute Gasteiger partial charge is 0.293 e. The molecule has 7 heteroatoms. The lowest BCUT2D eigenvalue weighted by Gasteiger charge is -2.31. The van der Waals surface area contributed by atoms with Crippen molar-refractivity contribution in [1.82, 2.24) is 25.0 Å². The molecule has 0 atom stereocenters. The topological polar surface area (TPSA) is 63.1 Å². The standard InChI is InChI=1S/C20H23N5OS/c1-21-14-15-9-11-24(12-10-15)20(26)18-22-19(17-8-5-13-27-17)25(23-18)16-6-3-2-4-7-16/h2-8,13,15,21H,9-12,14H2,1H3. The van der Waals surface area contributed by atoms with E-state index in [1.54, 1.807) is 16.0 Å². The van der Waals surface area contributed by atoms with Crippen LogP contribution in [-0.2, 0) is 0 Å². The Labute approximate surface area is 162 Å². The predicted molar refractivity (Wildman–Crippen MR) is 107 cm³/mol. The van der Waals surface area contributed by atoms with Gasteiger partial charge in [0, 0.05) is 13.1 Å². The lowest BCUT2D eigenvalue weighted by Crippen LogP contribution is -2.40. The van der Waals surface area contributed by atoms with Gasteiger partial charge in [-0.1, -0.05) is 24.3 Å². The molecule has 0 spiro atoms. The summed E-state index contributed by atoms with van der Waals surface area (Å²) in [5.41, 5.74) is 0.903. The Morgan fingerprint density at radius 3 is 2.63 bits per heavy atom. The predicted octanol–water partition coefficient (Wildman–Crippen LogP) is 3.07. The molecule has 1 saturated heterocycles. The minimum absolute atomic E-state index is 0.0783. The summed E-state index contributed by atoms with van der Waals surface area (Å²) in [4.78, 5) is 20.5. The molecular weight excluding hydrogens is 358 g/mol. The number of rotatable bonds is 5. The number of nitrogens with one attached hydrogen (secondary N) is 1. The number of benzene rings is 1. The third kappa shape index (κ3) is 3.79. The lowest BCUT2D eigenvalue weighted by molar-refractivity contribution is 0.0678. The van der Waals surface area contributed by atoms with E-state index >= 15 is 0 Å². The highest BCUT2D eigenvalue weighted by Gasteiger charge is 2.27. The van der Waals surface area contributed by atoms with Crippen molar-refractivity contribution in [2.75, 3.05) is 26.7 Å². The van der Waals surface area contributed by atoms with Crippen LogP contribution < -0.4 is 5.32 Å². The zero-order chi connectivity index (χ0) is 18.6. The fourth-order valence-electron chi connectivity index (χ4n) is 3.49. The number of carbonyl (C=O) groups is 1. The first-order valence-corrected chi connectivity index (χ1v) is 10.1. The first-order valence-electron chi connectivity index (χ1n) is 9.26. The number of likely N-dealkylation sites (tertiary alicyclic amines) is 1. The summed E-state index contributed by atoms with van der Waals surface area (Å²) in [5.74, 6) is 1.54. The van der Waals surface area contributed by atoms with Gasteiger partial charge in [0.05, 0.1) is 10.6 Å². The van der Waals surface area contributed by atoms with Gasteiger partial charge in [-0.3, -0.25) is 4.79 Å². The third-order valence-electron chi connectivity index (χ3n) is 4.94. The van der Waals surface area contributed by atoms with Gasteiger partial charge in [0.15, 0.2) is 5.82 Å². The minimum Gasteiger partial charge on any atom is -0.336 e. The fourth-order valence-corrected chi connectivity index (χ4v) is 4.19. The summed E-state index contributed by atoms with van der Waals surface area (Å²) >= 11 is 1.60. The number of hydrogen-bond acceptors (Lipinski definition) is 5. The van der Waals surface area contributed by atoms with E-state index in [2.05, 4.69) is 15.4 Å². The SMILES string of the molecule is CNCC1CCN(C(=O)c2nc(-c3cccs3)n(-c3ccccc3)n2)CC1. The average molecular weight is 382 g/mol. The number of carbonyl (C=O) groups excluding carboxylic acids is 1. The summed E-state index contributed by atoms with van der Waals surface area (Å²) in [5, 5.41) is 9.81. The van der Waals surface area contributed by atoms with Crippen LogP contribution in [0.25, 0.3) is 16.4 Å². The highest BCUT2D eigenvalue weighted by atomic mass is 32.1. The molecule has 0 saturated carbocycles. The first-order chi connectivity index (χ1) is 13.3. The molecule has 3 heterocycles. The van der Waals surface area contributed by atoms with Crippen LogP contribution in [0.3, 0.4) is 0 Å². The molecule has 2 aromatic heterocycles. The Bertz CT molecular complexity index is 883. The average Bonchev–Trinajstić information content (AvgIpc) is 3.39. The molecule has 1 fully saturated rings. The van der Waals surface area contributed by atoms with Crippen molar-refractivity contribution in [1.29, 1.82) is 0 Å². The first kappa shape index (κ1) is 17.9. The van der Waals surface area contributed by atoms with Crippen LogP contribution in [-0.4, -0.2) is 52.3 Å². The molecule has 4 rings (SSSR count). The highest BCUT2D eigenvalue weighted by Crippen LogP contribution is 2.26. The van der Waals surface area contributed by atoms with Crippen LogP contribution in [0.5, 0.6) is 0 Å². The Morgan fingerprint density at radius 1 is 1.19 bits per heavy atom. The summed E-state index contributed by atoms with van der Waals surface area (Å²) in [6.45, 7) is 2.53. The van der Waals surface area contributed by atoms with Crippen molar-refractivity contribution >= 4 is 17.2 Å². The Morgan fingerprint density at radius 2 is 1.96 bits per heavy atom. The summed E-state index contributed by atoms with van der Waals surface area (Å²) < 4.78 is 1.77. The number of nitrogens with zero attached hydrogens (tertiary/aromatic N) is 4. The van der Waals surface area contributed by atoms with Crippen molar-refractivity contribution in [3.8, 4) is 16.4 Å². The zero-order valence-corrected chi connectivity index (χ0v) is 16.2. The second kappa shape index (κ2) is 8.02. The van der Waals surface area contributed by atoms with Crippen molar-refractivity contribution in [3.63, 3.8) is 0 Å². The van der Waals surface area contributed by atoms with Gasteiger partial charge in [0.1, 0.15) is 0 Å². The molecule has 0 unspecified atom stereocenters. The second-order valence-corrected chi connectivity index (χ2v) is 7.72. The van der Waals surface area contributed by atoms with Gasteiger partial charge in [0.25, 0.3) is 5.91 Å². The number of para-hydroxylation sites is 1. The molecule has 1 N–H and O–H groups in total. The van der Waals surface area contributed by atoms with Gasteiger partial charge in [0.2, 0.25) is 5.82 Å². The van der Waals surface area contributed by atoms with Crippen molar-refractivity contribution in [3.05, 3.63) is 53.7 Å². The molecule has 1 aliphatic rings. The molecule has 0 radical (unpaired) electrons. The number of hydrogen-bond donors (Lipinski definition) is 1. The van der Waals surface area contributed by atoms with E-state index in [1.807, 2.05) is 59.8 Å².